The van der Waals surface area contributed by atoms with Crippen LogP contribution >= 0.6 is 22.6 Å². The van der Waals surface area contributed by atoms with Gasteiger partial charge in [0.15, 0.2) is 0 Å². The molecular formula is C12H16F2IN. The molecule has 0 amide bonds. The van der Waals surface area contributed by atoms with Crippen LogP contribution in [0.2, 0.25) is 0 Å². The summed E-state index contributed by atoms with van der Waals surface area (Å²) in [7, 11) is 0. The summed E-state index contributed by atoms with van der Waals surface area (Å²) >= 11 is 2.20. The molecule has 0 spiro atoms. The molecule has 1 nitrogen and oxygen atoms in total. The van der Waals surface area contributed by atoms with Gasteiger partial charge in [-0.1, -0.05) is 19.1 Å². The van der Waals surface area contributed by atoms with Crippen molar-refractivity contribution in [3.8, 4) is 0 Å². The number of rotatable bonds is 6. The molecule has 4 heteroatoms. The van der Waals surface area contributed by atoms with Crippen LogP contribution in [0.4, 0.5) is 8.78 Å². The van der Waals surface area contributed by atoms with Gasteiger partial charge in [-0.25, -0.2) is 8.78 Å². The lowest BCUT2D eigenvalue weighted by molar-refractivity contribution is 0.0983. The van der Waals surface area contributed by atoms with Crippen LogP contribution in [0.15, 0.2) is 24.3 Å². The zero-order valence-electron chi connectivity index (χ0n) is 9.22. The molecule has 1 atom stereocenters. The maximum Gasteiger partial charge on any atom is 0.254 e. The highest BCUT2D eigenvalue weighted by molar-refractivity contribution is 14.1. The van der Waals surface area contributed by atoms with Crippen molar-refractivity contribution in [1.29, 1.82) is 0 Å². The van der Waals surface area contributed by atoms with Crippen LogP contribution < -0.4 is 5.32 Å². The Balaban J connectivity index is 2.57. The standard InChI is InChI=1S/C12H16F2IN/c1-2-7-16-11(12(13)14)8-9-3-5-10(15)6-4-9/h3-6,11-12,16H,2,7-8H2,1H3. The molecule has 0 saturated heterocycles. The Bertz CT molecular complexity index is 300. The molecule has 0 bridgehead atoms. The van der Waals surface area contributed by atoms with Crippen molar-refractivity contribution in [2.45, 2.75) is 32.2 Å². The molecule has 1 unspecified atom stereocenters. The van der Waals surface area contributed by atoms with E-state index < -0.39 is 12.5 Å². The average Bonchev–Trinajstić information content (AvgIpc) is 2.26. The van der Waals surface area contributed by atoms with E-state index >= 15 is 0 Å². The SMILES string of the molecule is CCCNC(Cc1ccc(I)cc1)C(F)F. The predicted octanol–water partition coefficient (Wildman–Crippen LogP) is 3.47. The quantitative estimate of drug-likeness (QED) is 0.783. The first-order valence-corrected chi connectivity index (χ1v) is 6.47. The van der Waals surface area contributed by atoms with Gasteiger partial charge in [0, 0.05) is 3.57 Å². The zero-order chi connectivity index (χ0) is 12.0. The van der Waals surface area contributed by atoms with E-state index in [-0.39, 0.29) is 0 Å². The number of halogens is 3. The van der Waals surface area contributed by atoms with Gasteiger partial charge in [0.2, 0.25) is 0 Å². The fourth-order valence-electron chi connectivity index (χ4n) is 1.45. The van der Waals surface area contributed by atoms with Gasteiger partial charge in [-0.05, 0) is 59.7 Å². The minimum Gasteiger partial charge on any atom is -0.309 e. The van der Waals surface area contributed by atoms with Crippen molar-refractivity contribution in [3.63, 3.8) is 0 Å². The van der Waals surface area contributed by atoms with Crippen LogP contribution in [-0.4, -0.2) is 19.0 Å². The Morgan fingerprint density at radius 3 is 2.38 bits per heavy atom. The van der Waals surface area contributed by atoms with Gasteiger partial charge in [0.05, 0.1) is 6.04 Å². The van der Waals surface area contributed by atoms with Gasteiger partial charge in [-0.15, -0.1) is 0 Å². The van der Waals surface area contributed by atoms with Gasteiger partial charge < -0.3 is 5.32 Å². The van der Waals surface area contributed by atoms with Crippen LogP contribution in [0, 0.1) is 3.57 Å². The summed E-state index contributed by atoms with van der Waals surface area (Å²) in [6, 6.07) is 6.96. The fraction of sp³-hybridized carbons (Fsp3) is 0.500. The molecule has 90 valence electrons. The topological polar surface area (TPSA) is 12.0 Å². The number of alkyl halides is 2. The second-order valence-electron chi connectivity index (χ2n) is 3.73. The maximum atomic E-state index is 12.7. The number of hydrogen-bond acceptors (Lipinski definition) is 1. The molecule has 1 aromatic rings. The van der Waals surface area contributed by atoms with Crippen LogP contribution in [0.3, 0.4) is 0 Å². The van der Waals surface area contributed by atoms with Crippen LogP contribution in [-0.2, 0) is 6.42 Å². The van der Waals surface area contributed by atoms with Crippen molar-refractivity contribution in [2.24, 2.45) is 0 Å². The zero-order valence-corrected chi connectivity index (χ0v) is 11.4. The van der Waals surface area contributed by atoms with E-state index in [2.05, 4.69) is 27.9 Å². The number of benzene rings is 1. The number of hydrogen-bond donors (Lipinski definition) is 1. The molecule has 16 heavy (non-hydrogen) atoms. The van der Waals surface area contributed by atoms with Gasteiger partial charge in [0.1, 0.15) is 0 Å². The van der Waals surface area contributed by atoms with E-state index in [0.29, 0.717) is 13.0 Å². The van der Waals surface area contributed by atoms with E-state index in [1.54, 1.807) is 0 Å². The molecular weight excluding hydrogens is 323 g/mol. The summed E-state index contributed by atoms with van der Waals surface area (Å²) in [4.78, 5) is 0. The van der Waals surface area contributed by atoms with Crippen molar-refractivity contribution < 1.29 is 8.78 Å². The lowest BCUT2D eigenvalue weighted by Gasteiger charge is -2.17. The second-order valence-corrected chi connectivity index (χ2v) is 4.97. The van der Waals surface area contributed by atoms with Crippen molar-refractivity contribution >= 4 is 22.6 Å². The van der Waals surface area contributed by atoms with Gasteiger partial charge in [0.25, 0.3) is 6.43 Å². The molecule has 0 aliphatic carbocycles. The minimum absolute atomic E-state index is 0.384. The maximum absolute atomic E-state index is 12.7. The van der Waals surface area contributed by atoms with E-state index in [1.165, 1.54) is 0 Å². The third-order valence-corrected chi connectivity index (χ3v) is 3.05. The third-order valence-electron chi connectivity index (χ3n) is 2.33. The molecule has 0 aliphatic heterocycles. The Kier molecular flexibility index (Phi) is 6.20. The van der Waals surface area contributed by atoms with Crippen molar-refractivity contribution in [1.82, 2.24) is 5.32 Å². The van der Waals surface area contributed by atoms with Crippen molar-refractivity contribution in [2.75, 3.05) is 6.54 Å². The third kappa shape index (κ3) is 4.74. The van der Waals surface area contributed by atoms with E-state index in [1.807, 2.05) is 31.2 Å². The highest BCUT2D eigenvalue weighted by Crippen LogP contribution is 2.12. The molecule has 1 rings (SSSR count). The average molecular weight is 339 g/mol. The van der Waals surface area contributed by atoms with E-state index in [4.69, 9.17) is 0 Å². The smallest absolute Gasteiger partial charge is 0.254 e. The molecule has 0 saturated carbocycles. The molecule has 1 N–H and O–H groups in total. The predicted molar refractivity (Wildman–Crippen MR) is 70.9 cm³/mol. The highest BCUT2D eigenvalue weighted by Gasteiger charge is 2.19. The number of nitrogens with one attached hydrogen (secondary N) is 1. The molecule has 1 aromatic carbocycles. The summed E-state index contributed by atoms with van der Waals surface area (Å²) in [5.74, 6) is 0. The largest absolute Gasteiger partial charge is 0.309 e. The lowest BCUT2D eigenvalue weighted by atomic mass is 10.1. The van der Waals surface area contributed by atoms with Gasteiger partial charge in [-0.3, -0.25) is 0 Å². The van der Waals surface area contributed by atoms with E-state index in [0.717, 1.165) is 15.6 Å². The Morgan fingerprint density at radius 2 is 1.88 bits per heavy atom. The molecule has 0 radical (unpaired) electrons. The highest BCUT2D eigenvalue weighted by atomic mass is 127. The Hall–Kier alpha value is -0.230. The Morgan fingerprint density at radius 1 is 1.25 bits per heavy atom. The summed E-state index contributed by atoms with van der Waals surface area (Å²) in [5.41, 5.74) is 0.953. The first-order chi connectivity index (χ1) is 7.63. The van der Waals surface area contributed by atoms with Crippen LogP contribution in [0.1, 0.15) is 18.9 Å². The monoisotopic (exact) mass is 339 g/mol. The summed E-state index contributed by atoms with van der Waals surface area (Å²) in [6.07, 6.45) is -1.06. The molecule has 0 aromatic heterocycles. The lowest BCUT2D eigenvalue weighted by Crippen LogP contribution is -2.37. The minimum atomic E-state index is -2.31. The van der Waals surface area contributed by atoms with Crippen LogP contribution in [0.25, 0.3) is 0 Å². The molecule has 0 fully saturated rings. The fourth-order valence-corrected chi connectivity index (χ4v) is 1.81. The second kappa shape index (κ2) is 7.17. The summed E-state index contributed by atoms with van der Waals surface area (Å²) in [5, 5.41) is 2.88. The normalized spacial score (nSPS) is 13.1. The van der Waals surface area contributed by atoms with E-state index in [9.17, 15) is 8.78 Å². The first kappa shape index (κ1) is 13.8. The molecule has 0 heterocycles. The summed E-state index contributed by atoms with van der Waals surface area (Å²) < 4.78 is 26.6. The summed E-state index contributed by atoms with van der Waals surface area (Å²) in [6.45, 7) is 2.61. The first-order valence-electron chi connectivity index (χ1n) is 5.39. The molecule has 0 aliphatic rings. The van der Waals surface area contributed by atoms with Gasteiger partial charge >= 0.3 is 0 Å². The van der Waals surface area contributed by atoms with Crippen LogP contribution in [0.5, 0.6) is 0 Å². The van der Waals surface area contributed by atoms with Crippen molar-refractivity contribution in [3.05, 3.63) is 33.4 Å². The van der Waals surface area contributed by atoms with Gasteiger partial charge in [-0.2, -0.15) is 0 Å². The Labute approximate surface area is 109 Å².